The smallest absolute Gasteiger partial charge is 0.253 e. The van der Waals surface area contributed by atoms with Gasteiger partial charge in [-0.1, -0.05) is 38.7 Å². The van der Waals surface area contributed by atoms with Crippen LogP contribution in [-0.4, -0.2) is 62.9 Å². The number of carbonyl (C=O) groups is 1. The highest BCUT2D eigenvalue weighted by atomic mass is 32.2. The summed E-state index contributed by atoms with van der Waals surface area (Å²) in [4.78, 5) is 17.1. The van der Waals surface area contributed by atoms with Gasteiger partial charge in [0.25, 0.3) is 5.91 Å². The van der Waals surface area contributed by atoms with Gasteiger partial charge >= 0.3 is 0 Å². The van der Waals surface area contributed by atoms with Gasteiger partial charge in [-0.05, 0) is 37.6 Å². The second kappa shape index (κ2) is 9.17. The second-order valence-corrected chi connectivity index (χ2v) is 9.28. The van der Waals surface area contributed by atoms with Gasteiger partial charge in [0.2, 0.25) is 10.0 Å². The van der Waals surface area contributed by atoms with Crippen LogP contribution in [0, 0.1) is 0 Å². The highest BCUT2D eigenvalue weighted by molar-refractivity contribution is 7.89. The zero-order chi connectivity index (χ0) is 19.3. The molecule has 0 spiro atoms. The number of rotatable bonds is 5. The number of piperazine rings is 1. The first-order valence-corrected chi connectivity index (χ1v) is 11.6. The summed E-state index contributed by atoms with van der Waals surface area (Å²) in [5, 5.41) is 0. The Bertz CT molecular complexity index is 735. The molecule has 1 N–H and O–H groups in total. The summed E-state index contributed by atoms with van der Waals surface area (Å²) in [6.45, 7) is 6.20. The lowest BCUT2D eigenvalue weighted by Gasteiger charge is -2.34. The van der Waals surface area contributed by atoms with Crippen molar-refractivity contribution in [2.24, 2.45) is 0 Å². The predicted molar refractivity (Wildman–Crippen MR) is 106 cm³/mol. The number of nitrogens with one attached hydrogen (secondary N) is 1. The Balaban J connectivity index is 1.69. The van der Waals surface area contributed by atoms with E-state index < -0.39 is 10.0 Å². The Hall–Kier alpha value is -1.44. The summed E-state index contributed by atoms with van der Waals surface area (Å²) in [5.41, 5.74) is 0.448. The lowest BCUT2D eigenvalue weighted by molar-refractivity contribution is 0.0643. The molecule has 0 unspecified atom stereocenters. The Morgan fingerprint density at radius 1 is 1.07 bits per heavy atom. The fraction of sp³-hybridized carbons (Fsp3) is 0.650. The summed E-state index contributed by atoms with van der Waals surface area (Å²) >= 11 is 0. The average molecular weight is 394 g/mol. The van der Waals surface area contributed by atoms with Crippen LogP contribution in [0.1, 0.15) is 55.8 Å². The van der Waals surface area contributed by atoms with Crippen molar-refractivity contribution in [2.75, 3.05) is 32.7 Å². The summed E-state index contributed by atoms with van der Waals surface area (Å²) in [6.07, 6.45) is 6.25. The first-order chi connectivity index (χ1) is 13.0. The number of nitrogens with zero attached hydrogens (tertiary/aromatic N) is 2. The van der Waals surface area contributed by atoms with E-state index in [9.17, 15) is 13.2 Å². The minimum atomic E-state index is -3.60. The number of hydrogen-bond acceptors (Lipinski definition) is 4. The van der Waals surface area contributed by atoms with Crippen LogP contribution in [0.15, 0.2) is 29.2 Å². The van der Waals surface area contributed by atoms with Crippen LogP contribution in [0.5, 0.6) is 0 Å². The maximum Gasteiger partial charge on any atom is 0.253 e. The molecule has 2 aliphatic rings. The number of sulfonamides is 1. The molecular weight excluding hydrogens is 362 g/mol. The zero-order valence-electron chi connectivity index (χ0n) is 16.2. The van der Waals surface area contributed by atoms with Crippen LogP contribution in [0.2, 0.25) is 0 Å². The largest absolute Gasteiger partial charge is 0.336 e. The quantitative estimate of drug-likeness (QED) is 0.780. The van der Waals surface area contributed by atoms with Crippen molar-refractivity contribution in [3.63, 3.8) is 0 Å². The lowest BCUT2D eigenvalue weighted by atomic mass is 10.1. The highest BCUT2D eigenvalue weighted by Gasteiger charge is 2.24. The molecule has 0 radical (unpaired) electrons. The molecule has 1 saturated heterocycles. The van der Waals surface area contributed by atoms with E-state index in [0.717, 1.165) is 45.3 Å². The second-order valence-electron chi connectivity index (χ2n) is 7.56. The third-order valence-electron chi connectivity index (χ3n) is 5.67. The summed E-state index contributed by atoms with van der Waals surface area (Å²) in [6, 6.07) is 6.47. The molecule has 7 heteroatoms. The van der Waals surface area contributed by atoms with Gasteiger partial charge in [-0.15, -0.1) is 0 Å². The Morgan fingerprint density at radius 3 is 2.37 bits per heavy atom. The van der Waals surface area contributed by atoms with Gasteiger partial charge < -0.3 is 9.80 Å². The molecule has 6 nitrogen and oxygen atoms in total. The van der Waals surface area contributed by atoms with Crippen LogP contribution in [0.3, 0.4) is 0 Å². The Kier molecular flexibility index (Phi) is 6.89. The van der Waals surface area contributed by atoms with Crippen molar-refractivity contribution >= 4 is 15.9 Å². The number of carbonyl (C=O) groups excluding carboxylic acids is 1. The Morgan fingerprint density at radius 2 is 1.74 bits per heavy atom. The summed E-state index contributed by atoms with van der Waals surface area (Å²) in [5.74, 6) is -0.0859. The molecule has 0 bridgehead atoms. The minimum absolute atomic E-state index is 0.000945. The van der Waals surface area contributed by atoms with Crippen LogP contribution < -0.4 is 4.72 Å². The first-order valence-electron chi connectivity index (χ1n) is 10.1. The van der Waals surface area contributed by atoms with Gasteiger partial charge in [-0.2, -0.15) is 0 Å². The van der Waals surface area contributed by atoms with Crippen LogP contribution in [-0.2, 0) is 10.0 Å². The van der Waals surface area contributed by atoms with Crippen molar-refractivity contribution < 1.29 is 13.2 Å². The van der Waals surface area contributed by atoms with Crippen LogP contribution in [0.4, 0.5) is 0 Å². The summed E-state index contributed by atoms with van der Waals surface area (Å²) in [7, 11) is -3.60. The number of amides is 1. The number of benzene rings is 1. The highest BCUT2D eigenvalue weighted by Crippen LogP contribution is 2.20. The fourth-order valence-electron chi connectivity index (χ4n) is 3.93. The standard InChI is InChI=1S/C20H31N3O3S/c1-2-22-12-14-23(15-13-22)20(24)17-8-7-11-19(16-17)27(25,26)21-18-9-5-3-4-6-10-18/h7-8,11,16,18,21H,2-6,9-10,12-15H2,1H3. The van der Waals surface area contributed by atoms with E-state index in [1.807, 2.05) is 4.90 Å². The molecule has 2 fully saturated rings. The van der Waals surface area contributed by atoms with Gasteiger partial charge in [0, 0.05) is 37.8 Å². The van der Waals surface area contributed by atoms with Crippen LogP contribution in [0.25, 0.3) is 0 Å². The topological polar surface area (TPSA) is 69.7 Å². The van der Waals surface area contributed by atoms with E-state index in [4.69, 9.17) is 0 Å². The molecule has 0 atom stereocenters. The molecule has 1 amide bonds. The molecule has 150 valence electrons. The minimum Gasteiger partial charge on any atom is -0.336 e. The van der Waals surface area contributed by atoms with E-state index in [1.165, 1.54) is 18.9 Å². The third-order valence-corrected chi connectivity index (χ3v) is 7.19. The Labute approximate surface area is 163 Å². The normalized spacial score (nSPS) is 20.4. The molecule has 27 heavy (non-hydrogen) atoms. The lowest BCUT2D eigenvalue weighted by Crippen LogP contribution is -2.48. The molecule has 3 rings (SSSR count). The van der Waals surface area contributed by atoms with Gasteiger partial charge in [0.05, 0.1) is 4.90 Å². The molecule has 1 aliphatic carbocycles. The maximum atomic E-state index is 12.8. The van der Waals surface area contributed by atoms with Crippen molar-refractivity contribution in [1.82, 2.24) is 14.5 Å². The molecule has 1 heterocycles. The predicted octanol–water partition coefficient (Wildman–Crippen LogP) is 2.47. The molecule has 0 aromatic heterocycles. The van der Waals surface area contributed by atoms with Crippen molar-refractivity contribution in [3.05, 3.63) is 29.8 Å². The molecule has 1 aromatic rings. The first kappa shape index (κ1) is 20.3. The molecular formula is C20H31N3O3S. The molecule has 1 saturated carbocycles. The van der Waals surface area contributed by atoms with E-state index in [1.54, 1.807) is 18.2 Å². The fourth-order valence-corrected chi connectivity index (χ4v) is 5.28. The van der Waals surface area contributed by atoms with Crippen molar-refractivity contribution in [2.45, 2.75) is 56.4 Å². The van der Waals surface area contributed by atoms with Gasteiger partial charge in [-0.25, -0.2) is 13.1 Å². The van der Waals surface area contributed by atoms with Crippen LogP contribution >= 0.6 is 0 Å². The van der Waals surface area contributed by atoms with Gasteiger partial charge in [-0.3, -0.25) is 4.79 Å². The zero-order valence-corrected chi connectivity index (χ0v) is 17.0. The van der Waals surface area contributed by atoms with Gasteiger partial charge in [0.1, 0.15) is 0 Å². The number of hydrogen-bond donors (Lipinski definition) is 1. The van der Waals surface area contributed by atoms with E-state index in [-0.39, 0.29) is 16.8 Å². The van der Waals surface area contributed by atoms with E-state index in [0.29, 0.717) is 18.7 Å². The van der Waals surface area contributed by atoms with E-state index in [2.05, 4.69) is 16.5 Å². The third kappa shape index (κ3) is 5.30. The van der Waals surface area contributed by atoms with Crippen molar-refractivity contribution in [3.8, 4) is 0 Å². The monoisotopic (exact) mass is 393 g/mol. The summed E-state index contributed by atoms with van der Waals surface area (Å²) < 4.78 is 28.5. The molecule has 1 aromatic carbocycles. The van der Waals surface area contributed by atoms with Gasteiger partial charge in [0.15, 0.2) is 0 Å². The maximum absolute atomic E-state index is 12.8. The van der Waals surface area contributed by atoms with Crippen molar-refractivity contribution in [1.29, 1.82) is 0 Å². The SMILES string of the molecule is CCN1CCN(C(=O)c2cccc(S(=O)(=O)NC3CCCCCC3)c2)CC1. The average Bonchev–Trinajstić information content (AvgIpc) is 2.96. The van der Waals surface area contributed by atoms with E-state index >= 15 is 0 Å². The number of likely N-dealkylation sites (N-methyl/N-ethyl adjacent to an activating group) is 1. The molecule has 1 aliphatic heterocycles.